The topological polar surface area (TPSA) is 38.7 Å². The van der Waals surface area contributed by atoms with E-state index in [4.69, 9.17) is 4.74 Å². The van der Waals surface area contributed by atoms with Crippen molar-refractivity contribution < 1.29 is 36.9 Å². The summed E-state index contributed by atoms with van der Waals surface area (Å²) < 4.78 is 69.9. The Morgan fingerprint density at radius 2 is 1.71 bits per heavy atom. The highest BCUT2D eigenvalue weighted by molar-refractivity contribution is 5.38. The summed E-state index contributed by atoms with van der Waals surface area (Å²) in [7, 11) is 0. The van der Waals surface area contributed by atoms with Crippen LogP contribution in [0, 0.1) is 23.3 Å². The van der Waals surface area contributed by atoms with Crippen LogP contribution in [0.1, 0.15) is 12.0 Å². The molecular formula is C13H13F5O3. The number of benzene rings is 1. The summed E-state index contributed by atoms with van der Waals surface area (Å²) in [6.45, 7) is 3.37. The first-order valence-electron chi connectivity index (χ1n) is 5.94. The molecule has 3 nitrogen and oxygen atoms in total. The minimum atomic E-state index is -2.19. The van der Waals surface area contributed by atoms with Gasteiger partial charge in [0.25, 0.3) is 0 Å². The average Bonchev–Trinajstić information content (AvgIpc) is 2.47. The van der Waals surface area contributed by atoms with Crippen molar-refractivity contribution in [3.63, 3.8) is 0 Å². The third-order valence-electron chi connectivity index (χ3n) is 2.61. The molecule has 0 radical (unpaired) electrons. The molecule has 0 amide bonds. The predicted octanol–water partition coefficient (Wildman–Crippen LogP) is 3.00. The van der Waals surface area contributed by atoms with Crippen LogP contribution in [0.4, 0.5) is 22.1 Å². The SMILES string of the molecule is C=CCCOCC(O)Cc1c(F)c(F)c(F)c(F)c1OF. The zero-order chi connectivity index (χ0) is 16.0. The highest BCUT2D eigenvalue weighted by atomic mass is 19.3. The zero-order valence-electron chi connectivity index (χ0n) is 10.8. The van der Waals surface area contributed by atoms with E-state index in [-0.39, 0.29) is 13.2 Å². The van der Waals surface area contributed by atoms with Crippen molar-refractivity contribution in [2.24, 2.45) is 0 Å². The van der Waals surface area contributed by atoms with Crippen molar-refractivity contribution in [3.05, 3.63) is 41.5 Å². The molecule has 0 spiro atoms. The summed E-state index contributed by atoms with van der Waals surface area (Å²) in [5.74, 6) is -9.57. The lowest BCUT2D eigenvalue weighted by atomic mass is 10.1. The van der Waals surface area contributed by atoms with Gasteiger partial charge in [-0.25, -0.2) is 13.2 Å². The number of ether oxygens (including phenoxy) is 1. The van der Waals surface area contributed by atoms with Crippen LogP contribution < -0.4 is 4.94 Å². The lowest BCUT2D eigenvalue weighted by molar-refractivity contribution is -0.0152. The van der Waals surface area contributed by atoms with Crippen molar-refractivity contribution in [1.29, 1.82) is 0 Å². The van der Waals surface area contributed by atoms with Gasteiger partial charge in [0, 0.05) is 16.5 Å². The monoisotopic (exact) mass is 312 g/mol. The predicted molar refractivity (Wildman–Crippen MR) is 63.4 cm³/mol. The Kier molecular flexibility index (Phi) is 6.57. The fourth-order valence-corrected chi connectivity index (χ4v) is 1.60. The first-order chi connectivity index (χ1) is 9.93. The van der Waals surface area contributed by atoms with Gasteiger partial charge in [-0.3, -0.25) is 4.94 Å². The van der Waals surface area contributed by atoms with E-state index in [0.29, 0.717) is 6.42 Å². The van der Waals surface area contributed by atoms with Gasteiger partial charge < -0.3 is 9.84 Å². The van der Waals surface area contributed by atoms with Gasteiger partial charge in [-0.2, -0.15) is 4.39 Å². The fraction of sp³-hybridized carbons (Fsp3) is 0.385. The number of aliphatic hydroxyl groups excluding tert-OH is 1. The number of aliphatic hydroxyl groups is 1. The molecule has 1 unspecified atom stereocenters. The number of rotatable bonds is 8. The summed E-state index contributed by atoms with van der Waals surface area (Å²) >= 11 is 0. The van der Waals surface area contributed by atoms with Gasteiger partial charge in [-0.05, 0) is 6.42 Å². The van der Waals surface area contributed by atoms with E-state index in [2.05, 4.69) is 11.5 Å². The Morgan fingerprint density at radius 3 is 2.29 bits per heavy atom. The molecular weight excluding hydrogens is 299 g/mol. The molecule has 0 bridgehead atoms. The molecule has 118 valence electrons. The van der Waals surface area contributed by atoms with Crippen LogP contribution >= 0.6 is 0 Å². The number of hydrogen-bond donors (Lipinski definition) is 1. The third kappa shape index (κ3) is 4.15. The molecule has 0 saturated heterocycles. The number of hydrogen-bond acceptors (Lipinski definition) is 3. The zero-order valence-corrected chi connectivity index (χ0v) is 10.8. The van der Waals surface area contributed by atoms with Crippen molar-refractivity contribution in [3.8, 4) is 5.75 Å². The van der Waals surface area contributed by atoms with Crippen molar-refractivity contribution in [2.45, 2.75) is 18.9 Å². The summed E-state index contributed by atoms with van der Waals surface area (Å²) in [4.78, 5) is 3.05. The molecule has 8 heteroatoms. The molecule has 0 aliphatic rings. The standard InChI is InChI=1S/C13H13F5O3/c1-2-3-4-20-6-7(19)5-8-9(14)10(15)11(16)12(17)13(8)21-18/h2,7,19H,1,3-6H2. The van der Waals surface area contributed by atoms with E-state index < -0.39 is 47.1 Å². The van der Waals surface area contributed by atoms with Crippen molar-refractivity contribution >= 4 is 0 Å². The molecule has 1 rings (SSSR count). The van der Waals surface area contributed by atoms with Gasteiger partial charge in [-0.1, -0.05) is 6.08 Å². The van der Waals surface area contributed by atoms with Gasteiger partial charge >= 0.3 is 0 Å². The van der Waals surface area contributed by atoms with Crippen molar-refractivity contribution in [1.82, 2.24) is 0 Å². The maximum absolute atomic E-state index is 13.5. The van der Waals surface area contributed by atoms with Crippen LogP contribution in [0.15, 0.2) is 12.7 Å². The second-order valence-corrected chi connectivity index (χ2v) is 4.15. The molecule has 21 heavy (non-hydrogen) atoms. The Labute approximate surface area is 117 Å². The van der Waals surface area contributed by atoms with E-state index in [9.17, 15) is 27.2 Å². The highest BCUT2D eigenvalue weighted by Crippen LogP contribution is 2.31. The lowest BCUT2D eigenvalue weighted by Crippen LogP contribution is -2.20. The third-order valence-corrected chi connectivity index (χ3v) is 2.61. The smallest absolute Gasteiger partial charge is 0.216 e. The summed E-state index contributed by atoms with van der Waals surface area (Å²) in [5.41, 5.74) is -0.950. The summed E-state index contributed by atoms with van der Waals surface area (Å²) in [6.07, 6.45) is -0.0405. The van der Waals surface area contributed by atoms with Crippen molar-refractivity contribution in [2.75, 3.05) is 13.2 Å². The number of halogens is 5. The van der Waals surface area contributed by atoms with Crippen LogP contribution in [0.3, 0.4) is 0 Å². The van der Waals surface area contributed by atoms with Crippen LogP contribution in [0.2, 0.25) is 0 Å². The van der Waals surface area contributed by atoms with Gasteiger partial charge in [-0.15, -0.1) is 6.58 Å². The summed E-state index contributed by atoms with van der Waals surface area (Å²) in [5, 5.41) is 9.56. The van der Waals surface area contributed by atoms with Crippen LogP contribution in [0.5, 0.6) is 5.75 Å². The quantitative estimate of drug-likeness (QED) is 0.264. The van der Waals surface area contributed by atoms with Gasteiger partial charge in [0.05, 0.1) is 19.3 Å². The van der Waals surface area contributed by atoms with Crippen LogP contribution in [0.25, 0.3) is 0 Å². The first kappa shape index (κ1) is 17.4. The molecule has 1 N–H and O–H groups in total. The molecule has 1 aromatic rings. The van der Waals surface area contributed by atoms with Gasteiger partial charge in [0.15, 0.2) is 11.6 Å². The maximum Gasteiger partial charge on any atom is 0.216 e. The molecule has 0 aliphatic heterocycles. The molecule has 0 aromatic heterocycles. The minimum absolute atomic E-state index is 0.224. The molecule has 1 atom stereocenters. The Morgan fingerprint density at radius 1 is 1.10 bits per heavy atom. The van der Waals surface area contributed by atoms with Gasteiger partial charge in [0.1, 0.15) is 0 Å². The Balaban J connectivity index is 2.89. The molecule has 0 saturated carbocycles. The molecule has 1 aromatic carbocycles. The maximum atomic E-state index is 13.5. The second kappa shape index (κ2) is 7.94. The summed E-state index contributed by atoms with van der Waals surface area (Å²) in [6, 6.07) is 0. The van der Waals surface area contributed by atoms with Crippen LogP contribution in [-0.4, -0.2) is 24.4 Å². The van der Waals surface area contributed by atoms with E-state index in [0.717, 1.165) is 0 Å². The first-order valence-corrected chi connectivity index (χ1v) is 5.94. The molecule has 0 fully saturated rings. The normalized spacial score (nSPS) is 12.3. The average molecular weight is 312 g/mol. The van der Waals surface area contributed by atoms with Gasteiger partial charge in [0.2, 0.25) is 17.4 Å². The van der Waals surface area contributed by atoms with E-state index in [1.54, 1.807) is 6.08 Å². The van der Waals surface area contributed by atoms with Crippen LogP contribution in [-0.2, 0) is 11.2 Å². The van der Waals surface area contributed by atoms with E-state index >= 15 is 0 Å². The highest BCUT2D eigenvalue weighted by Gasteiger charge is 2.28. The lowest BCUT2D eigenvalue weighted by Gasteiger charge is -2.14. The fourth-order valence-electron chi connectivity index (χ4n) is 1.60. The Hall–Kier alpha value is -1.67. The molecule has 0 heterocycles. The minimum Gasteiger partial charge on any atom is -0.390 e. The van der Waals surface area contributed by atoms with E-state index in [1.807, 2.05) is 0 Å². The Bertz CT molecular complexity index is 507. The van der Waals surface area contributed by atoms with E-state index in [1.165, 1.54) is 0 Å². The second-order valence-electron chi connectivity index (χ2n) is 4.15. The molecule has 0 aliphatic carbocycles. The largest absolute Gasteiger partial charge is 0.390 e.